The monoisotopic (exact) mass is 407 g/mol. The van der Waals surface area contributed by atoms with Crippen LogP contribution in [0.25, 0.3) is 22.4 Å². The molecule has 0 unspecified atom stereocenters. The highest BCUT2D eigenvalue weighted by Crippen LogP contribution is 2.20. The first-order valence-electron chi connectivity index (χ1n) is 8.92. The molecule has 2 aromatic heterocycles. The van der Waals surface area contributed by atoms with Crippen LogP contribution in [-0.4, -0.2) is 34.3 Å². The van der Waals surface area contributed by atoms with Gasteiger partial charge in [0.05, 0.1) is 23.8 Å². The van der Waals surface area contributed by atoms with E-state index in [-0.39, 0.29) is 5.56 Å². The molecular weight excluding hydrogens is 390 g/mol. The average Bonchev–Trinajstić information content (AvgIpc) is 3.28. The van der Waals surface area contributed by atoms with Crippen LogP contribution in [0.15, 0.2) is 53.3 Å². The first-order chi connectivity index (χ1) is 14.1. The van der Waals surface area contributed by atoms with Crippen molar-refractivity contribution in [2.24, 2.45) is 0 Å². The summed E-state index contributed by atoms with van der Waals surface area (Å²) in [6.07, 6.45) is 1.75. The van der Waals surface area contributed by atoms with Crippen LogP contribution in [0.4, 0.5) is 0 Å². The Morgan fingerprint density at radius 1 is 1.14 bits per heavy atom. The van der Waals surface area contributed by atoms with Crippen molar-refractivity contribution in [2.45, 2.75) is 6.92 Å². The van der Waals surface area contributed by atoms with Crippen molar-refractivity contribution in [3.05, 3.63) is 74.5 Å². The molecule has 2 heterocycles. The number of benzene rings is 2. The summed E-state index contributed by atoms with van der Waals surface area (Å²) in [5.41, 5.74) is 1.83. The summed E-state index contributed by atoms with van der Waals surface area (Å²) in [5.74, 6) is 0.865. The number of carbonyl (C=O) groups is 1. The number of hydrogen-bond donors (Lipinski definition) is 0. The quantitative estimate of drug-likeness (QED) is 0.473. The molecule has 0 aliphatic heterocycles. The summed E-state index contributed by atoms with van der Waals surface area (Å²) in [6, 6.07) is 14.3. The molecule has 0 bridgehead atoms. The lowest BCUT2D eigenvalue weighted by Gasteiger charge is -2.02. The molecule has 29 heavy (non-hydrogen) atoms. The standard InChI is InChI=1S/C21H17N3O4S/c1-3-28-16-10-8-14(9-11-16)18-22-21-24(23-18)19(25)17(29-21)12-13-4-6-15(7-5-13)20(26)27-2/h4-12H,3H2,1-2H3. The number of esters is 1. The van der Waals surface area contributed by atoms with E-state index in [1.807, 2.05) is 31.2 Å². The summed E-state index contributed by atoms with van der Waals surface area (Å²) in [4.78, 5) is 29.2. The molecule has 0 N–H and O–H groups in total. The van der Waals surface area contributed by atoms with Crippen molar-refractivity contribution in [3.63, 3.8) is 0 Å². The molecule has 8 heteroatoms. The Balaban J connectivity index is 1.65. The minimum absolute atomic E-state index is 0.230. The number of fused-ring (bicyclic) bond motifs is 1. The first-order valence-corrected chi connectivity index (χ1v) is 9.73. The number of aromatic nitrogens is 3. The van der Waals surface area contributed by atoms with Gasteiger partial charge in [-0.2, -0.15) is 9.50 Å². The van der Waals surface area contributed by atoms with Crippen LogP contribution < -0.4 is 14.8 Å². The smallest absolute Gasteiger partial charge is 0.337 e. The Hall–Kier alpha value is -3.52. The molecule has 0 aliphatic rings. The molecule has 0 atom stereocenters. The van der Waals surface area contributed by atoms with E-state index in [1.165, 1.54) is 23.0 Å². The fourth-order valence-electron chi connectivity index (χ4n) is 2.81. The van der Waals surface area contributed by atoms with E-state index in [4.69, 9.17) is 4.74 Å². The molecule has 0 saturated carbocycles. The van der Waals surface area contributed by atoms with Crippen LogP contribution in [0.1, 0.15) is 22.8 Å². The lowest BCUT2D eigenvalue weighted by molar-refractivity contribution is 0.0600. The van der Waals surface area contributed by atoms with Crippen molar-refractivity contribution in [2.75, 3.05) is 13.7 Å². The van der Waals surface area contributed by atoms with Gasteiger partial charge in [-0.25, -0.2) is 4.79 Å². The van der Waals surface area contributed by atoms with Crippen molar-refractivity contribution >= 4 is 28.3 Å². The van der Waals surface area contributed by atoms with Gasteiger partial charge in [-0.05, 0) is 55.0 Å². The fraction of sp³-hybridized carbons (Fsp3) is 0.143. The summed E-state index contributed by atoms with van der Waals surface area (Å²) in [6.45, 7) is 2.53. The van der Waals surface area contributed by atoms with E-state index in [2.05, 4.69) is 14.8 Å². The largest absolute Gasteiger partial charge is 0.494 e. The highest BCUT2D eigenvalue weighted by Gasteiger charge is 2.12. The maximum atomic E-state index is 12.7. The molecule has 146 valence electrons. The second-order valence-electron chi connectivity index (χ2n) is 6.12. The van der Waals surface area contributed by atoms with Crippen LogP contribution in [0, 0.1) is 0 Å². The third-order valence-electron chi connectivity index (χ3n) is 4.23. The topological polar surface area (TPSA) is 82.8 Å². The van der Waals surface area contributed by atoms with E-state index in [1.54, 1.807) is 30.3 Å². The number of rotatable bonds is 5. The van der Waals surface area contributed by atoms with Crippen LogP contribution >= 0.6 is 11.3 Å². The first kappa shape index (κ1) is 18.8. The maximum absolute atomic E-state index is 12.7. The summed E-state index contributed by atoms with van der Waals surface area (Å²) >= 11 is 1.27. The molecule has 0 amide bonds. The highest BCUT2D eigenvalue weighted by atomic mass is 32.1. The van der Waals surface area contributed by atoms with E-state index in [0.717, 1.165) is 16.9 Å². The minimum atomic E-state index is -0.401. The molecule has 4 rings (SSSR count). The number of carbonyl (C=O) groups excluding carboxylic acids is 1. The third-order valence-corrected chi connectivity index (χ3v) is 5.19. The van der Waals surface area contributed by atoms with Crippen molar-refractivity contribution < 1.29 is 14.3 Å². The summed E-state index contributed by atoms with van der Waals surface area (Å²) < 4.78 is 11.9. The van der Waals surface area contributed by atoms with Gasteiger partial charge in [-0.3, -0.25) is 4.79 Å². The molecule has 0 radical (unpaired) electrons. The SMILES string of the molecule is CCOc1ccc(-c2nc3sc(=Cc4ccc(C(=O)OC)cc4)c(=O)n3n2)cc1. The van der Waals surface area contributed by atoms with Crippen molar-refractivity contribution in [1.82, 2.24) is 14.6 Å². The normalized spacial score (nSPS) is 11.7. The van der Waals surface area contributed by atoms with Crippen molar-refractivity contribution in [1.29, 1.82) is 0 Å². The predicted octanol–water partition coefficient (Wildman–Crippen LogP) is 2.55. The number of methoxy groups -OCH3 is 1. The Bertz CT molecular complexity index is 1270. The van der Waals surface area contributed by atoms with Crippen LogP contribution in [0.5, 0.6) is 5.75 Å². The Kier molecular flexibility index (Phi) is 5.09. The second-order valence-corrected chi connectivity index (χ2v) is 7.13. The molecule has 0 spiro atoms. The lowest BCUT2D eigenvalue weighted by Crippen LogP contribution is -2.23. The number of nitrogens with zero attached hydrogens (tertiary/aromatic N) is 3. The van der Waals surface area contributed by atoms with Crippen LogP contribution in [0.2, 0.25) is 0 Å². The number of hydrogen-bond acceptors (Lipinski definition) is 7. The van der Waals surface area contributed by atoms with Crippen LogP contribution in [-0.2, 0) is 4.74 Å². The lowest BCUT2D eigenvalue weighted by atomic mass is 10.1. The maximum Gasteiger partial charge on any atom is 0.337 e. The predicted molar refractivity (Wildman–Crippen MR) is 110 cm³/mol. The highest BCUT2D eigenvalue weighted by molar-refractivity contribution is 7.15. The van der Waals surface area contributed by atoms with Gasteiger partial charge in [0.1, 0.15) is 5.75 Å². The molecular formula is C21H17N3O4S. The van der Waals surface area contributed by atoms with E-state index < -0.39 is 5.97 Å². The van der Waals surface area contributed by atoms with E-state index in [0.29, 0.717) is 27.5 Å². The Labute approximate surface area is 169 Å². The van der Waals surface area contributed by atoms with Crippen LogP contribution in [0.3, 0.4) is 0 Å². The molecule has 0 saturated heterocycles. The third kappa shape index (κ3) is 3.74. The van der Waals surface area contributed by atoms with Gasteiger partial charge >= 0.3 is 5.97 Å². The van der Waals surface area contributed by atoms with Gasteiger partial charge in [0, 0.05) is 5.56 Å². The number of thiazole rings is 1. The van der Waals surface area contributed by atoms with Gasteiger partial charge in [-0.15, -0.1) is 5.10 Å². The van der Waals surface area contributed by atoms with Gasteiger partial charge in [0.25, 0.3) is 5.56 Å². The van der Waals surface area contributed by atoms with Gasteiger partial charge in [-0.1, -0.05) is 23.5 Å². The van der Waals surface area contributed by atoms with Gasteiger partial charge in [0.15, 0.2) is 5.82 Å². The molecule has 0 aliphatic carbocycles. The van der Waals surface area contributed by atoms with Gasteiger partial charge in [0.2, 0.25) is 4.96 Å². The minimum Gasteiger partial charge on any atom is -0.494 e. The molecule has 4 aromatic rings. The molecule has 0 fully saturated rings. The van der Waals surface area contributed by atoms with Crippen molar-refractivity contribution in [3.8, 4) is 17.1 Å². The zero-order chi connectivity index (χ0) is 20.4. The zero-order valence-corrected chi connectivity index (χ0v) is 16.6. The average molecular weight is 407 g/mol. The fourth-order valence-corrected chi connectivity index (χ4v) is 3.72. The van der Waals surface area contributed by atoms with E-state index >= 15 is 0 Å². The Morgan fingerprint density at radius 2 is 1.86 bits per heavy atom. The zero-order valence-electron chi connectivity index (χ0n) is 15.8. The second kappa shape index (κ2) is 7.84. The summed E-state index contributed by atoms with van der Waals surface area (Å²) in [5, 5.41) is 4.35. The summed E-state index contributed by atoms with van der Waals surface area (Å²) in [7, 11) is 1.34. The Morgan fingerprint density at radius 3 is 2.48 bits per heavy atom. The molecule has 7 nitrogen and oxygen atoms in total. The van der Waals surface area contributed by atoms with Gasteiger partial charge < -0.3 is 9.47 Å². The van der Waals surface area contributed by atoms with E-state index in [9.17, 15) is 9.59 Å². The number of ether oxygens (including phenoxy) is 2. The molecule has 2 aromatic carbocycles.